The van der Waals surface area contributed by atoms with Crippen molar-refractivity contribution in [1.29, 1.82) is 0 Å². The Morgan fingerprint density at radius 3 is 2.56 bits per heavy atom. The molecule has 0 aliphatic heterocycles. The van der Waals surface area contributed by atoms with Gasteiger partial charge in [0.25, 0.3) is 5.56 Å². The summed E-state index contributed by atoms with van der Waals surface area (Å²) in [5.41, 5.74) is 4.19. The lowest BCUT2D eigenvalue weighted by Crippen LogP contribution is -2.14. The molecule has 3 heterocycles. The van der Waals surface area contributed by atoms with E-state index in [0.29, 0.717) is 11.3 Å². The van der Waals surface area contributed by atoms with E-state index in [9.17, 15) is 4.79 Å². The minimum absolute atomic E-state index is 0.167. The lowest BCUT2D eigenvalue weighted by Gasteiger charge is -2.11. The van der Waals surface area contributed by atoms with Crippen LogP contribution >= 0.6 is 11.8 Å². The Hall–Kier alpha value is -3.84. The summed E-state index contributed by atoms with van der Waals surface area (Å²) >= 11 is 1.64. The molecule has 0 fully saturated rings. The van der Waals surface area contributed by atoms with Gasteiger partial charge in [-0.1, -0.05) is 42.1 Å². The fourth-order valence-corrected chi connectivity index (χ4v) is 4.57. The molecular formula is C25H20N4O2S. The van der Waals surface area contributed by atoms with Crippen LogP contribution in [0.3, 0.4) is 0 Å². The van der Waals surface area contributed by atoms with E-state index in [1.807, 2.05) is 61.5 Å². The van der Waals surface area contributed by atoms with Gasteiger partial charge in [-0.05, 0) is 48.9 Å². The predicted octanol–water partition coefficient (Wildman–Crippen LogP) is 5.22. The number of hydrogen-bond donors (Lipinski definition) is 1. The topological polar surface area (TPSA) is 72.3 Å². The number of fused-ring (bicyclic) bond motifs is 1. The Balaban J connectivity index is 1.71. The third kappa shape index (κ3) is 3.67. The highest BCUT2D eigenvalue weighted by molar-refractivity contribution is 7.99. The van der Waals surface area contributed by atoms with Gasteiger partial charge in [0.15, 0.2) is 5.65 Å². The molecule has 0 saturated heterocycles. The van der Waals surface area contributed by atoms with Gasteiger partial charge in [-0.25, -0.2) is 9.50 Å². The van der Waals surface area contributed by atoms with Gasteiger partial charge in [-0.2, -0.15) is 0 Å². The molecule has 32 heavy (non-hydrogen) atoms. The molecule has 2 aromatic carbocycles. The summed E-state index contributed by atoms with van der Waals surface area (Å²) < 4.78 is 7.19. The molecule has 0 radical (unpaired) electrons. The van der Waals surface area contributed by atoms with Crippen LogP contribution in [-0.2, 0) is 0 Å². The molecule has 0 atom stereocenters. The minimum atomic E-state index is -0.167. The largest absolute Gasteiger partial charge is 0.496 e. The smallest absolute Gasteiger partial charge is 0.272 e. The number of benzene rings is 2. The standard InChI is InChI=1S/C25H20N4O2S/c1-16-14-22(30)29-25(27-16)23(24(28-29)19-10-6-7-13-26-19)17-11-12-21(20(15-17)31-2)32-18-8-4-3-5-9-18/h3-15,28H,1-2H3. The number of aromatic amines is 1. The number of methoxy groups -OCH3 is 1. The van der Waals surface area contributed by atoms with Crippen molar-refractivity contribution in [1.82, 2.24) is 19.6 Å². The molecule has 0 aliphatic carbocycles. The molecule has 0 amide bonds. The van der Waals surface area contributed by atoms with E-state index < -0.39 is 0 Å². The third-order valence-corrected chi connectivity index (χ3v) is 6.15. The summed E-state index contributed by atoms with van der Waals surface area (Å²) in [6.07, 6.45) is 1.73. The first kappa shape index (κ1) is 20.1. The van der Waals surface area contributed by atoms with E-state index in [1.54, 1.807) is 25.1 Å². The van der Waals surface area contributed by atoms with Crippen LogP contribution in [0.25, 0.3) is 28.2 Å². The highest BCUT2D eigenvalue weighted by Crippen LogP contribution is 2.40. The number of H-pyrrole nitrogens is 1. The van der Waals surface area contributed by atoms with Crippen LogP contribution < -0.4 is 10.3 Å². The van der Waals surface area contributed by atoms with Crippen molar-refractivity contribution in [3.05, 3.63) is 95.0 Å². The van der Waals surface area contributed by atoms with Gasteiger partial charge in [0, 0.05) is 22.9 Å². The summed E-state index contributed by atoms with van der Waals surface area (Å²) in [4.78, 5) is 23.9. The van der Waals surface area contributed by atoms with E-state index in [4.69, 9.17) is 4.74 Å². The van der Waals surface area contributed by atoms with Gasteiger partial charge in [0.2, 0.25) is 0 Å². The van der Waals surface area contributed by atoms with Crippen LogP contribution in [-0.4, -0.2) is 26.7 Å². The van der Waals surface area contributed by atoms with Gasteiger partial charge in [-0.3, -0.25) is 14.9 Å². The van der Waals surface area contributed by atoms with Gasteiger partial charge in [-0.15, -0.1) is 0 Å². The van der Waals surface area contributed by atoms with E-state index in [0.717, 1.165) is 38.1 Å². The number of pyridine rings is 1. The number of aryl methyl sites for hydroxylation is 1. The van der Waals surface area contributed by atoms with Crippen molar-refractivity contribution >= 4 is 17.4 Å². The molecule has 6 nitrogen and oxygen atoms in total. The predicted molar refractivity (Wildman–Crippen MR) is 126 cm³/mol. The van der Waals surface area contributed by atoms with E-state index in [1.165, 1.54) is 10.6 Å². The van der Waals surface area contributed by atoms with Gasteiger partial charge in [0.1, 0.15) is 5.75 Å². The number of aromatic nitrogens is 4. The molecular weight excluding hydrogens is 420 g/mol. The van der Waals surface area contributed by atoms with E-state index in [2.05, 4.69) is 27.2 Å². The quantitative estimate of drug-likeness (QED) is 0.406. The molecule has 1 N–H and O–H groups in total. The molecule has 5 rings (SSSR count). The molecule has 7 heteroatoms. The van der Waals surface area contributed by atoms with Crippen LogP contribution in [0.5, 0.6) is 5.75 Å². The van der Waals surface area contributed by atoms with Crippen molar-refractivity contribution in [3.8, 4) is 28.3 Å². The summed E-state index contributed by atoms with van der Waals surface area (Å²) in [5.74, 6) is 0.748. The van der Waals surface area contributed by atoms with Crippen LogP contribution in [0, 0.1) is 6.92 Å². The van der Waals surface area contributed by atoms with Crippen LogP contribution in [0.4, 0.5) is 0 Å². The van der Waals surface area contributed by atoms with Gasteiger partial charge in [0.05, 0.1) is 29.0 Å². The van der Waals surface area contributed by atoms with Crippen molar-refractivity contribution in [2.24, 2.45) is 0 Å². The van der Waals surface area contributed by atoms with Gasteiger partial charge < -0.3 is 4.74 Å². The molecule has 0 spiro atoms. The highest BCUT2D eigenvalue weighted by Gasteiger charge is 2.20. The third-order valence-electron chi connectivity index (χ3n) is 5.09. The van der Waals surface area contributed by atoms with Crippen molar-refractivity contribution < 1.29 is 4.74 Å². The zero-order valence-electron chi connectivity index (χ0n) is 17.6. The lowest BCUT2D eigenvalue weighted by atomic mass is 10.0. The number of nitrogens with one attached hydrogen (secondary N) is 1. The van der Waals surface area contributed by atoms with Crippen molar-refractivity contribution in [3.63, 3.8) is 0 Å². The number of nitrogens with zero attached hydrogens (tertiary/aromatic N) is 3. The van der Waals surface area contributed by atoms with Crippen LogP contribution in [0.1, 0.15) is 5.69 Å². The molecule has 0 aliphatic rings. The Kier molecular flexibility index (Phi) is 5.25. The second-order valence-electron chi connectivity index (χ2n) is 7.25. The van der Waals surface area contributed by atoms with Crippen molar-refractivity contribution in [2.75, 3.05) is 7.11 Å². The summed E-state index contributed by atoms with van der Waals surface area (Å²) in [7, 11) is 1.66. The van der Waals surface area contributed by atoms with Crippen LogP contribution in [0.15, 0.2) is 93.6 Å². The average Bonchev–Trinajstić information content (AvgIpc) is 3.20. The van der Waals surface area contributed by atoms with E-state index in [-0.39, 0.29) is 5.56 Å². The Labute approximate surface area is 188 Å². The fourth-order valence-electron chi connectivity index (χ4n) is 3.64. The zero-order valence-corrected chi connectivity index (χ0v) is 18.4. The SMILES string of the molecule is COc1cc(-c2c(-c3ccccn3)[nH]n3c(=O)cc(C)nc23)ccc1Sc1ccccc1. The first-order chi connectivity index (χ1) is 15.6. The van der Waals surface area contributed by atoms with Crippen LogP contribution in [0.2, 0.25) is 0 Å². The summed E-state index contributed by atoms with van der Waals surface area (Å²) in [6, 6.07) is 23.4. The normalized spacial score (nSPS) is 11.1. The maximum absolute atomic E-state index is 12.7. The molecule has 158 valence electrons. The Morgan fingerprint density at radius 1 is 1.00 bits per heavy atom. The molecule has 3 aromatic heterocycles. The monoisotopic (exact) mass is 440 g/mol. The Bertz CT molecular complexity index is 1460. The Morgan fingerprint density at radius 2 is 1.81 bits per heavy atom. The molecule has 5 aromatic rings. The van der Waals surface area contributed by atoms with Crippen molar-refractivity contribution in [2.45, 2.75) is 16.7 Å². The van der Waals surface area contributed by atoms with E-state index >= 15 is 0 Å². The maximum Gasteiger partial charge on any atom is 0.272 e. The number of hydrogen-bond acceptors (Lipinski definition) is 5. The zero-order chi connectivity index (χ0) is 22.1. The minimum Gasteiger partial charge on any atom is -0.496 e. The maximum atomic E-state index is 12.7. The highest BCUT2D eigenvalue weighted by atomic mass is 32.2. The first-order valence-corrected chi connectivity index (χ1v) is 10.9. The molecule has 0 saturated carbocycles. The second-order valence-corrected chi connectivity index (χ2v) is 8.37. The number of ether oxygens (including phenoxy) is 1. The summed E-state index contributed by atoms with van der Waals surface area (Å²) in [6.45, 7) is 1.82. The molecule has 0 unspecified atom stereocenters. The first-order valence-electron chi connectivity index (χ1n) is 10.1. The second kappa shape index (κ2) is 8.36. The average molecular weight is 441 g/mol. The summed E-state index contributed by atoms with van der Waals surface area (Å²) in [5, 5.41) is 3.20. The lowest BCUT2D eigenvalue weighted by molar-refractivity contribution is 0.405. The van der Waals surface area contributed by atoms with Gasteiger partial charge >= 0.3 is 0 Å². The number of rotatable bonds is 5. The molecule has 0 bridgehead atoms. The fraction of sp³-hybridized carbons (Fsp3) is 0.0800.